The normalized spacial score (nSPS) is 16.5. The van der Waals surface area contributed by atoms with E-state index in [1.807, 2.05) is 0 Å². The van der Waals surface area contributed by atoms with E-state index in [1.165, 1.54) is 25.5 Å². The summed E-state index contributed by atoms with van der Waals surface area (Å²) >= 11 is 0. The molecule has 7 nitrogen and oxygen atoms in total. The smallest absolute Gasteiger partial charge is 0.338 e. The monoisotopic (exact) mass is 380 g/mol. The molecule has 28 heavy (non-hydrogen) atoms. The molecule has 0 N–H and O–H groups in total. The van der Waals surface area contributed by atoms with E-state index in [0.717, 1.165) is 24.4 Å². The quantitative estimate of drug-likeness (QED) is 0.759. The third kappa shape index (κ3) is 3.56. The Bertz CT molecular complexity index is 891. The molecule has 0 spiro atoms. The summed E-state index contributed by atoms with van der Waals surface area (Å²) in [6, 6.07) is 8.95. The van der Waals surface area contributed by atoms with E-state index in [1.54, 1.807) is 29.2 Å². The second-order valence-corrected chi connectivity index (χ2v) is 7.20. The predicted octanol–water partition coefficient (Wildman–Crippen LogP) is 2.10. The van der Waals surface area contributed by atoms with Crippen molar-refractivity contribution >= 4 is 17.7 Å². The first-order valence-corrected chi connectivity index (χ1v) is 9.74. The van der Waals surface area contributed by atoms with E-state index < -0.39 is 5.97 Å². The number of hydrogen-bond acceptors (Lipinski definition) is 6. The second-order valence-electron chi connectivity index (χ2n) is 7.20. The molecule has 146 valence electrons. The van der Waals surface area contributed by atoms with Gasteiger partial charge in [0.25, 0.3) is 5.91 Å². The number of anilines is 1. The van der Waals surface area contributed by atoms with Gasteiger partial charge in [0.1, 0.15) is 0 Å². The van der Waals surface area contributed by atoms with Gasteiger partial charge in [-0.15, -0.1) is 5.10 Å². The van der Waals surface area contributed by atoms with Crippen molar-refractivity contribution in [2.75, 3.05) is 38.2 Å². The molecule has 7 heteroatoms. The minimum Gasteiger partial charge on any atom is -0.465 e. The number of carbonyl (C=O) groups is 2. The van der Waals surface area contributed by atoms with Crippen LogP contribution in [0.25, 0.3) is 0 Å². The number of nitrogens with zero attached hydrogens (tertiary/aromatic N) is 4. The van der Waals surface area contributed by atoms with Gasteiger partial charge < -0.3 is 14.5 Å². The van der Waals surface area contributed by atoms with Gasteiger partial charge in [-0.2, -0.15) is 5.10 Å². The summed E-state index contributed by atoms with van der Waals surface area (Å²) in [6.07, 6.45) is 4.49. The lowest BCUT2D eigenvalue weighted by atomic mass is 9.97. The maximum atomic E-state index is 12.9. The molecule has 1 aromatic heterocycles. The molecule has 1 saturated heterocycles. The standard InChI is InChI=1S/C21H24N4O3/c1-28-21(27)17-8-4-3-7-16(17)20(26)25-12-10-24(11-13-25)19-14-15-6-2-5-9-18(15)22-23-19/h3-4,7-8,14H,2,5-6,9-13H2,1H3. The van der Waals surface area contributed by atoms with Crippen LogP contribution in [-0.2, 0) is 17.6 Å². The molecule has 2 aliphatic rings. The van der Waals surface area contributed by atoms with Gasteiger partial charge >= 0.3 is 5.97 Å². The van der Waals surface area contributed by atoms with Gasteiger partial charge in [-0.3, -0.25) is 4.79 Å². The molecular formula is C21H24N4O3. The van der Waals surface area contributed by atoms with Crippen molar-refractivity contribution in [3.63, 3.8) is 0 Å². The Labute approximate surface area is 164 Å². The van der Waals surface area contributed by atoms with E-state index in [0.29, 0.717) is 37.3 Å². The molecule has 4 rings (SSSR count). The Hall–Kier alpha value is -2.96. The summed E-state index contributed by atoms with van der Waals surface area (Å²) in [6.45, 7) is 2.54. The number of aromatic nitrogens is 2. The summed E-state index contributed by atoms with van der Waals surface area (Å²) in [4.78, 5) is 28.9. The van der Waals surface area contributed by atoms with Crippen LogP contribution in [0.5, 0.6) is 0 Å². The molecule has 1 aromatic carbocycles. The first-order valence-electron chi connectivity index (χ1n) is 9.74. The fourth-order valence-electron chi connectivity index (χ4n) is 3.90. The first-order chi connectivity index (χ1) is 13.7. The molecule has 1 aliphatic heterocycles. The number of ether oxygens (including phenoxy) is 1. The van der Waals surface area contributed by atoms with E-state index in [2.05, 4.69) is 21.2 Å². The van der Waals surface area contributed by atoms with Gasteiger partial charge in [0, 0.05) is 26.2 Å². The van der Waals surface area contributed by atoms with Crippen LogP contribution in [0.3, 0.4) is 0 Å². The van der Waals surface area contributed by atoms with Crippen molar-refractivity contribution in [2.45, 2.75) is 25.7 Å². The average Bonchev–Trinajstić information content (AvgIpc) is 2.78. The summed E-state index contributed by atoms with van der Waals surface area (Å²) in [5.74, 6) is 0.256. The van der Waals surface area contributed by atoms with Crippen LogP contribution in [0.1, 0.15) is 44.8 Å². The number of amides is 1. The summed E-state index contributed by atoms with van der Waals surface area (Å²) in [5, 5.41) is 8.82. The Kier molecular flexibility index (Phi) is 5.23. The Morgan fingerprint density at radius 2 is 1.68 bits per heavy atom. The van der Waals surface area contributed by atoms with Crippen LogP contribution in [0.15, 0.2) is 30.3 Å². The molecule has 2 heterocycles. The predicted molar refractivity (Wildman–Crippen MR) is 105 cm³/mol. The van der Waals surface area contributed by atoms with Gasteiger partial charge in [-0.05, 0) is 49.4 Å². The van der Waals surface area contributed by atoms with E-state index in [4.69, 9.17) is 4.74 Å². The van der Waals surface area contributed by atoms with Gasteiger partial charge in [0.2, 0.25) is 0 Å². The van der Waals surface area contributed by atoms with Gasteiger partial charge in [0.05, 0.1) is 23.9 Å². The zero-order valence-corrected chi connectivity index (χ0v) is 16.1. The van der Waals surface area contributed by atoms with Crippen LogP contribution < -0.4 is 4.90 Å². The number of methoxy groups -OCH3 is 1. The summed E-state index contributed by atoms with van der Waals surface area (Å²) in [5.41, 5.74) is 3.12. The number of aryl methyl sites for hydroxylation is 2. The number of hydrogen-bond donors (Lipinski definition) is 0. The van der Waals surface area contributed by atoms with E-state index in [9.17, 15) is 9.59 Å². The molecule has 0 saturated carbocycles. The SMILES string of the molecule is COC(=O)c1ccccc1C(=O)N1CCN(c2cc3c(nn2)CCCC3)CC1. The number of rotatable bonds is 3. The van der Waals surface area contributed by atoms with Crippen molar-refractivity contribution in [3.8, 4) is 0 Å². The van der Waals surface area contributed by atoms with Crippen LogP contribution in [0.4, 0.5) is 5.82 Å². The van der Waals surface area contributed by atoms with Crippen molar-refractivity contribution in [1.29, 1.82) is 0 Å². The number of benzene rings is 1. The van der Waals surface area contributed by atoms with E-state index >= 15 is 0 Å². The summed E-state index contributed by atoms with van der Waals surface area (Å²) < 4.78 is 4.80. The minimum absolute atomic E-state index is 0.142. The highest BCUT2D eigenvalue weighted by molar-refractivity contribution is 6.05. The molecule has 0 atom stereocenters. The number of carbonyl (C=O) groups excluding carboxylic acids is 2. The van der Waals surface area contributed by atoms with Crippen molar-refractivity contribution < 1.29 is 14.3 Å². The van der Waals surface area contributed by atoms with Crippen LogP contribution in [-0.4, -0.2) is 60.3 Å². The third-order valence-electron chi connectivity index (χ3n) is 5.51. The fourth-order valence-corrected chi connectivity index (χ4v) is 3.90. The number of piperazine rings is 1. The van der Waals surface area contributed by atoms with E-state index in [-0.39, 0.29) is 5.91 Å². The zero-order valence-electron chi connectivity index (χ0n) is 16.1. The molecular weight excluding hydrogens is 356 g/mol. The molecule has 1 amide bonds. The highest BCUT2D eigenvalue weighted by Gasteiger charge is 2.26. The highest BCUT2D eigenvalue weighted by Crippen LogP contribution is 2.23. The molecule has 1 aliphatic carbocycles. The number of fused-ring (bicyclic) bond motifs is 1. The maximum absolute atomic E-state index is 12.9. The maximum Gasteiger partial charge on any atom is 0.338 e. The summed E-state index contributed by atoms with van der Waals surface area (Å²) in [7, 11) is 1.32. The molecule has 0 bridgehead atoms. The topological polar surface area (TPSA) is 75.6 Å². The Morgan fingerprint density at radius 1 is 0.964 bits per heavy atom. The lowest BCUT2D eigenvalue weighted by Crippen LogP contribution is -2.49. The van der Waals surface area contributed by atoms with Crippen LogP contribution in [0, 0.1) is 0 Å². The van der Waals surface area contributed by atoms with Crippen molar-refractivity contribution in [3.05, 3.63) is 52.7 Å². The Morgan fingerprint density at radius 3 is 2.43 bits per heavy atom. The van der Waals surface area contributed by atoms with Crippen molar-refractivity contribution in [2.24, 2.45) is 0 Å². The fraction of sp³-hybridized carbons (Fsp3) is 0.429. The lowest BCUT2D eigenvalue weighted by Gasteiger charge is -2.35. The van der Waals surface area contributed by atoms with Crippen molar-refractivity contribution in [1.82, 2.24) is 15.1 Å². The second kappa shape index (κ2) is 7.96. The van der Waals surface area contributed by atoms with Gasteiger partial charge in [-0.1, -0.05) is 12.1 Å². The molecule has 0 radical (unpaired) electrons. The average molecular weight is 380 g/mol. The largest absolute Gasteiger partial charge is 0.465 e. The zero-order chi connectivity index (χ0) is 19.5. The molecule has 0 unspecified atom stereocenters. The first kappa shape index (κ1) is 18.4. The number of esters is 1. The molecule has 2 aromatic rings. The highest BCUT2D eigenvalue weighted by atomic mass is 16.5. The molecule has 1 fully saturated rings. The minimum atomic E-state index is -0.494. The third-order valence-corrected chi connectivity index (χ3v) is 5.51. The Balaban J connectivity index is 1.45. The lowest BCUT2D eigenvalue weighted by molar-refractivity contribution is 0.0589. The van der Waals surface area contributed by atoms with Gasteiger partial charge in [0.15, 0.2) is 5.82 Å². The van der Waals surface area contributed by atoms with Crippen LogP contribution in [0.2, 0.25) is 0 Å². The van der Waals surface area contributed by atoms with Gasteiger partial charge in [-0.25, -0.2) is 4.79 Å². The van der Waals surface area contributed by atoms with Crippen LogP contribution >= 0.6 is 0 Å².